The van der Waals surface area contributed by atoms with Crippen molar-refractivity contribution in [3.05, 3.63) is 74.7 Å². The number of amides is 1. The number of aromatic nitrogens is 1. The Labute approximate surface area is 203 Å². The zero-order valence-electron chi connectivity index (χ0n) is 18.8. The normalized spacial score (nSPS) is 14.8. The molecule has 1 amide bonds. The molecule has 1 aliphatic rings. The zero-order chi connectivity index (χ0) is 23.2. The van der Waals surface area contributed by atoms with Gasteiger partial charge in [-0.25, -0.2) is 4.98 Å². The number of hydrogen-bond acceptors (Lipinski definition) is 6. The van der Waals surface area contributed by atoms with E-state index >= 15 is 0 Å². The molecule has 0 atom stereocenters. The van der Waals surface area contributed by atoms with Crippen molar-refractivity contribution >= 4 is 28.8 Å². The van der Waals surface area contributed by atoms with E-state index in [1.165, 1.54) is 5.56 Å². The highest BCUT2D eigenvalue weighted by Gasteiger charge is 2.23. The predicted molar refractivity (Wildman–Crippen MR) is 132 cm³/mol. The van der Waals surface area contributed by atoms with Crippen LogP contribution < -0.4 is 14.8 Å². The topological polar surface area (TPSA) is 63.7 Å². The van der Waals surface area contributed by atoms with Crippen LogP contribution >= 0.6 is 22.9 Å². The van der Waals surface area contributed by atoms with Gasteiger partial charge in [-0.1, -0.05) is 17.7 Å². The van der Waals surface area contributed by atoms with E-state index in [2.05, 4.69) is 27.3 Å². The van der Waals surface area contributed by atoms with Gasteiger partial charge in [0.05, 0.1) is 25.8 Å². The van der Waals surface area contributed by atoms with Crippen LogP contribution in [-0.4, -0.2) is 43.1 Å². The number of halogens is 1. The summed E-state index contributed by atoms with van der Waals surface area (Å²) in [7, 11) is 3.32. The van der Waals surface area contributed by atoms with Crippen molar-refractivity contribution < 1.29 is 14.3 Å². The maximum atomic E-state index is 12.3. The minimum absolute atomic E-state index is 0.106. The molecule has 4 rings (SSSR count). The Morgan fingerprint density at radius 3 is 2.55 bits per heavy atom. The summed E-state index contributed by atoms with van der Waals surface area (Å²) in [4.78, 5) is 20.5. The maximum Gasteiger partial charge on any atom is 0.251 e. The summed E-state index contributed by atoms with van der Waals surface area (Å²) < 4.78 is 10.8. The Balaban J connectivity index is 1.26. The van der Waals surface area contributed by atoms with Gasteiger partial charge in [0.1, 0.15) is 0 Å². The number of likely N-dealkylation sites (tertiary alicyclic amines) is 1. The van der Waals surface area contributed by atoms with Gasteiger partial charge in [-0.3, -0.25) is 9.69 Å². The van der Waals surface area contributed by atoms with Crippen molar-refractivity contribution in [2.24, 2.45) is 0 Å². The predicted octanol–water partition coefficient (Wildman–Crippen LogP) is 5.12. The highest BCUT2D eigenvalue weighted by Crippen LogP contribution is 2.33. The quantitative estimate of drug-likeness (QED) is 0.479. The molecule has 1 aliphatic heterocycles. The molecule has 3 aromatic rings. The van der Waals surface area contributed by atoms with Crippen LogP contribution in [0, 0.1) is 0 Å². The minimum atomic E-state index is -0.106. The average molecular weight is 486 g/mol. The molecule has 0 spiro atoms. The number of nitrogens with one attached hydrogen (secondary N) is 1. The van der Waals surface area contributed by atoms with Crippen molar-refractivity contribution in [1.82, 2.24) is 15.2 Å². The first-order chi connectivity index (χ1) is 16.1. The summed E-state index contributed by atoms with van der Waals surface area (Å²) in [6.07, 6.45) is 4.05. The molecule has 0 saturated carbocycles. The number of benzene rings is 2. The van der Waals surface area contributed by atoms with E-state index in [9.17, 15) is 4.79 Å². The lowest BCUT2D eigenvalue weighted by molar-refractivity contribution is 0.0951. The van der Waals surface area contributed by atoms with Crippen LogP contribution in [0.15, 0.2) is 48.7 Å². The number of carbonyl (C=O) groups excluding carboxylic acids is 1. The zero-order valence-corrected chi connectivity index (χ0v) is 20.4. The molecular weight excluding hydrogens is 458 g/mol. The Hall–Kier alpha value is -2.61. The highest BCUT2D eigenvalue weighted by atomic mass is 35.5. The number of carbonyl (C=O) groups is 1. The number of piperidine rings is 1. The summed E-state index contributed by atoms with van der Waals surface area (Å²) in [5.74, 6) is 1.88. The Morgan fingerprint density at radius 2 is 1.85 bits per heavy atom. The summed E-state index contributed by atoms with van der Waals surface area (Å²) >= 11 is 7.59. The summed E-state index contributed by atoms with van der Waals surface area (Å²) in [5, 5.41) is 4.75. The molecule has 0 bridgehead atoms. The van der Waals surface area contributed by atoms with Crippen LogP contribution in [0.1, 0.15) is 44.6 Å². The molecule has 1 aromatic heterocycles. The number of hydrogen-bond donors (Lipinski definition) is 1. The van der Waals surface area contributed by atoms with Crippen molar-refractivity contribution in [1.29, 1.82) is 0 Å². The number of thiazole rings is 1. The standard InChI is InChI=1S/C25H28ClN3O3S/c1-31-22-8-3-17(13-23(22)32-2)16-29-11-9-19(10-12-29)25-28-15-21(33-25)14-27-24(30)18-4-6-20(26)7-5-18/h3-8,13,15,19H,9-12,14,16H2,1-2H3,(H,27,30). The molecule has 0 aliphatic carbocycles. The monoisotopic (exact) mass is 485 g/mol. The first-order valence-electron chi connectivity index (χ1n) is 11.0. The lowest BCUT2D eigenvalue weighted by Gasteiger charge is -2.31. The number of rotatable bonds is 8. The minimum Gasteiger partial charge on any atom is -0.493 e. The van der Waals surface area contributed by atoms with Crippen molar-refractivity contribution in [3.63, 3.8) is 0 Å². The molecule has 0 radical (unpaired) electrons. The third-order valence-electron chi connectivity index (χ3n) is 5.89. The van der Waals surface area contributed by atoms with Gasteiger partial charge in [-0.2, -0.15) is 0 Å². The van der Waals surface area contributed by atoms with Crippen LogP contribution in [0.2, 0.25) is 5.02 Å². The largest absolute Gasteiger partial charge is 0.493 e. The van der Waals surface area contributed by atoms with Crippen molar-refractivity contribution in [3.8, 4) is 11.5 Å². The molecule has 8 heteroatoms. The van der Waals surface area contributed by atoms with Gasteiger partial charge >= 0.3 is 0 Å². The smallest absolute Gasteiger partial charge is 0.251 e. The fourth-order valence-electron chi connectivity index (χ4n) is 4.04. The van der Waals surface area contributed by atoms with Gasteiger partial charge in [0.15, 0.2) is 11.5 Å². The van der Waals surface area contributed by atoms with E-state index in [1.54, 1.807) is 49.8 Å². The lowest BCUT2D eigenvalue weighted by atomic mass is 9.97. The van der Waals surface area contributed by atoms with Gasteiger partial charge in [0.2, 0.25) is 0 Å². The van der Waals surface area contributed by atoms with E-state index in [-0.39, 0.29) is 5.91 Å². The molecule has 0 unspecified atom stereocenters. The Bertz CT molecular complexity index is 1080. The molecule has 2 aromatic carbocycles. The van der Waals surface area contributed by atoms with E-state index in [4.69, 9.17) is 21.1 Å². The lowest BCUT2D eigenvalue weighted by Crippen LogP contribution is -2.32. The summed E-state index contributed by atoms with van der Waals surface area (Å²) in [6, 6.07) is 13.0. The maximum absolute atomic E-state index is 12.3. The van der Waals surface area contributed by atoms with Crippen LogP contribution in [-0.2, 0) is 13.1 Å². The van der Waals surface area contributed by atoms with Gasteiger partial charge in [-0.15, -0.1) is 11.3 Å². The van der Waals surface area contributed by atoms with E-state index in [1.807, 2.05) is 12.3 Å². The molecule has 1 saturated heterocycles. The summed E-state index contributed by atoms with van der Waals surface area (Å²) in [5.41, 5.74) is 1.82. The van der Waals surface area contributed by atoms with Crippen LogP contribution in [0.5, 0.6) is 11.5 Å². The molecular formula is C25H28ClN3O3S. The van der Waals surface area contributed by atoms with Gasteiger partial charge < -0.3 is 14.8 Å². The second-order valence-electron chi connectivity index (χ2n) is 8.09. The SMILES string of the molecule is COc1ccc(CN2CCC(c3ncc(CNC(=O)c4ccc(Cl)cc4)s3)CC2)cc1OC. The van der Waals surface area contributed by atoms with Crippen LogP contribution in [0.4, 0.5) is 0 Å². The first kappa shape index (κ1) is 23.5. The van der Waals surface area contributed by atoms with Crippen molar-refractivity contribution in [2.75, 3.05) is 27.3 Å². The van der Waals surface area contributed by atoms with Gasteiger partial charge in [0, 0.05) is 34.1 Å². The van der Waals surface area contributed by atoms with E-state index in [0.717, 1.165) is 53.9 Å². The van der Waals surface area contributed by atoms with E-state index < -0.39 is 0 Å². The fourth-order valence-corrected chi connectivity index (χ4v) is 5.19. The first-order valence-corrected chi connectivity index (χ1v) is 12.2. The number of methoxy groups -OCH3 is 2. The molecule has 33 heavy (non-hydrogen) atoms. The molecule has 2 heterocycles. The third-order valence-corrected chi connectivity index (χ3v) is 7.30. The molecule has 6 nitrogen and oxygen atoms in total. The second kappa shape index (κ2) is 11.0. The van der Waals surface area contributed by atoms with Crippen LogP contribution in [0.25, 0.3) is 0 Å². The highest BCUT2D eigenvalue weighted by molar-refractivity contribution is 7.11. The molecule has 174 valence electrons. The Kier molecular flexibility index (Phi) is 7.85. The fraction of sp³-hybridized carbons (Fsp3) is 0.360. The van der Waals surface area contributed by atoms with Crippen LogP contribution in [0.3, 0.4) is 0 Å². The Morgan fingerprint density at radius 1 is 1.12 bits per heavy atom. The third kappa shape index (κ3) is 6.05. The second-order valence-corrected chi connectivity index (χ2v) is 9.68. The van der Waals surface area contributed by atoms with Gasteiger partial charge in [0.25, 0.3) is 5.91 Å². The van der Waals surface area contributed by atoms with Gasteiger partial charge in [-0.05, 0) is 67.9 Å². The summed E-state index contributed by atoms with van der Waals surface area (Å²) in [6.45, 7) is 3.44. The van der Waals surface area contributed by atoms with Crippen molar-refractivity contribution in [2.45, 2.75) is 31.8 Å². The van der Waals surface area contributed by atoms with E-state index in [0.29, 0.717) is 23.0 Å². The number of nitrogens with zero attached hydrogens (tertiary/aromatic N) is 2. The molecule has 1 N–H and O–H groups in total. The average Bonchev–Trinajstić information content (AvgIpc) is 3.32. The molecule has 1 fully saturated rings. The number of ether oxygens (including phenoxy) is 2.